The summed E-state index contributed by atoms with van der Waals surface area (Å²) < 4.78 is 41.7. The summed E-state index contributed by atoms with van der Waals surface area (Å²) in [6, 6.07) is 15.0. The number of nitrogens with zero attached hydrogens (tertiary/aromatic N) is 2. The SMILES string of the molecule is CCC1CC(C)=C(Nc2cc(C(C)NCCNC(C)=O)nc(-c3ccccc3C(F)(F)F)n2)c2ccccc21. The zero-order valence-electron chi connectivity index (χ0n) is 22.6. The molecule has 2 aromatic carbocycles. The maximum atomic E-state index is 13.9. The molecule has 1 aliphatic rings. The molecule has 1 amide bonds. The molecular weight excluding hydrogens is 503 g/mol. The molecule has 1 aliphatic carbocycles. The first-order valence-corrected chi connectivity index (χ1v) is 13.2. The Morgan fingerprint density at radius 1 is 1.05 bits per heavy atom. The number of halogens is 3. The van der Waals surface area contributed by atoms with Gasteiger partial charge in [-0.1, -0.05) is 49.4 Å². The molecule has 0 fully saturated rings. The van der Waals surface area contributed by atoms with Crippen LogP contribution in [0, 0.1) is 0 Å². The van der Waals surface area contributed by atoms with E-state index in [1.54, 1.807) is 12.1 Å². The first-order chi connectivity index (χ1) is 18.6. The maximum absolute atomic E-state index is 13.9. The van der Waals surface area contributed by atoms with Crippen molar-refractivity contribution in [2.24, 2.45) is 0 Å². The van der Waals surface area contributed by atoms with E-state index in [9.17, 15) is 18.0 Å². The largest absolute Gasteiger partial charge is 0.417 e. The number of carbonyl (C=O) groups excluding carboxylic acids is 1. The summed E-state index contributed by atoms with van der Waals surface area (Å²) in [6.45, 7) is 8.47. The summed E-state index contributed by atoms with van der Waals surface area (Å²) in [5, 5.41) is 9.44. The number of hydrogen-bond acceptors (Lipinski definition) is 5. The molecule has 4 rings (SSSR count). The van der Waals surface area contributed by atoms with Gasteiger partial charge in [-0.05, 0) is 49.8 Å². The lowest BCUT2D eigenvalue weighted by atomic mass is 9.80. The third-order valence-electron chi connectivity index (χ3n) is 7.01. The monoisotopic (exact) mass is 537 g/mol. The van der Waals surface area contributed by atoms with Gasteiger partial charge in [0.2, 0.25) is 5.91 Å². The molecule has 3 N–H and O–H groups in total. The molecular formula is C30H34F3N5O. The van der Waals surface area contributed by atoms with Crippen LogP contribution in [0.15, 0.2) is 60.2 Å². The molecule has 0 saturated heterocycles. The first-order valence-electron chi connectivity index (χ1n) is 13.2. The highest BCUT2D eigenvalue weighted by Crippen LogP contribution is 2.41. The molecule has 0 bridgehead atoms. The van der Waals surface area contributed by atoms with E-state index in [1.165, 1.54) is 30.2 Å². The zero-order chi connectivity index (χ0) is 28.2. The predicted molar refractivity (Wildman–Crippen MR) is 148 cm³/mol. The van der Waals surface area contributed by atoms with Crippen LogP contribution in [-0.4, -0.2) is 29.0 Å². The molecule has 2 atom stereocenters. The average molecular weight is 538 g/mol. The second-order valence-electron chi connectivity index (χ2n) is 9.88. The van der Waals surface area contributed by atoms with E-state index in [0.717, 1.165) is 30.2 Å². The number of rotatable bonds is 9. The molecule has 0 aliphatic heterocycles. The summed E-state index contributed by atoms with van der Waals surface area (Å²) >= 11 is 0. The highest BCUT2D eigenvalue weighted by atomic mass is 19.4. The van der Waals surface area contributed by atoms with Crippen molar-refractivity contribution in [1.29, 1.82) is 0 Å². The van der Waals surface area contributed by atoms with E-state index >= 15 is 0 Å². The zero-order valence-corrected chi connectivity index (χ0v) is 22.6. The molecule has 3 aromatic rings. The Kier molecular flexibility index (Phi) is 8.70. The second-order valence-corrected chi connectivity index (χ2v) is 9.88. The number of anilines is 1. The number of nitrogens with one attached hydrogen (secondary N) is 3. The van der Waals surface area contributed by atoms with Crippen molar-refractivity contribution in [1.82, 2.24) is 20.6 Å². The van der Waals surface area contributed by atoms with Gasteiger partial charge in [0.05, 0.1) is 11.3 Å². The second kappa shape index (κ2) is 12.0. The number of allylic oxidation sites excluding steroid dienone is 1. The lowest BCUT2D eigenvalue weighted by Gasteiger charge is -2.29. The molecule has 1 heterocycles. The van der Waals surface area contributed by atoms with Crippen molar-refractivity contribution in [3.63, 3.8) is 0 Å². The molecule has 0 spiro atoms. The third kappa shape index (κ3) is 6.65. The molecule has 1 aromatic heterocycles. The Hall–Kier alpha value is -3.72. The topological polar surface area (TPSA) is 78.9 Å². The minimum absolute atomic E-state index is 0.00721. The Balaban J connectivity index is 1.76. The Morgan fingerprint density at radius 2 is 1.74 bits per heavy atom. The van der Waals surface area contributed by atoms with Crippen molar-refractivity contribution >= 4 is 17.4 Å². The average Bonchev–Trinajstić information content (AvgIpc) is 2.91. The van der Waals surface area contributed by atoms with Gasteiger partial charge in [0, 0.05) is 48.9 Å². The highest BCUT2D eigenvalue weighted by molar-refractivity contribution is 5.82. The summed E-state index contributed by atoms with van der Waals surface area (Å²) in [5.74, 6) is 0.689. The predicted octanol–water partition coefficient (Wildman–Crippen LogP) is 6.69. The molecule has 9 heteroatoms. The minimum Gasteiger partial charge on any atom is -0.355 e. The van der Waals surface area contributed by atoms with Crippen molar-refractivity contribution in [3.05, 3.63) is 82.6 Å². The highest BCUT2D eigenvalue weighted by Gasteiger charge is 2.34. The van der Waals surface area contributed by atoms with E-state index in [1.807, 2.05) is 19.1 Å². The molecule has 6 nitrogen and oxygen atoms in total. The van der Waals surface area contributed by atoms with Gasteiger partial charge >= 0.3 is 6.18 Å². The number of amides is 1. The fourth-order valence-electron chi connectivity index (χ4n) is 4.99. The lowest BCUT2D eigenvalue weighted by molar-refractivity contribution is -0.137. The van der Waals surface area contributed by atoms with Gasteiger partial charge in [-0.2, -0.15) is 13.2 Å². The maximum Gasteiger partial charge on any atom is 0.417 e. The van der Waals surface area contributed by atoms with Crippen LogP contribution >= 0.6 is 0 Å². The van der Waals surface area contributed by atoms with Crippen LogP contribution in [0.1, 0.15) is 74.9 Å². The van der Waals surface area contributed by atoms with Crippen LogP contribution in [0.5, 0.6) is 0 Å². The van der Waals surface area contributed by atoms with Gasteiger partial charge in [0.15, 0.2) is 5.82 Å². The van der Waals surface area contributed by atoms with Crippen LogP contribution < -0.4 is 16.0 Å². The van der Waals surface area contributed by atoms with Crippen LogP contribution in [-0.2, 0) is 11.0 Å². The summed E-state index contributed by atoms with van der Waals surface area (Å²) in [5.41, 5.74) is 4.08. The van der Waals surface area contributed by atoms with Crippen LogP contribution in [0.3, 0.4) is 0 Å². The Morgan fingerprint density at radius 3 is 2.44 bits per heavy atom. The standard InChI is InChI=1S/C30H34F3N5O/c1-5-21-16-18(2)28(23-11-7-6-10-22(21)23)37-27-17-26(19(3)34-14-15-35-20(4)39)36-29(38-27)24-12-8-9-13-25(24)30(31,32)33/h6-13,17,19,21,34H,5,14-16H2,1-4H3,(H,35,39)(H,36,37,38). The van der Waals surface area contributed by atoms with E-state index in [0.29, 0.717) is 30.5 Å². The van der Waals surface area contributed by atoms with Gasteiger partial charge in [-0.25, -0.2) is 9.97 Å². The normalized spacial score (nSPS) is 16.0. The van der Waals surface area contributed by atoms with Gasteiger partial charge in [0.1, 0.15) is 5.82 Å². The fourth-order valence-corrected chi connectivity index (χ4v) is 4.99. The molecule has 39 heavy (non-hydrogen) atoms. The number of alkyl halides is 3. The van der Waals surface area contributed by atoms with Crippen molar-refractivity contribution in [2.45, 2.75) is 58.7 Å². The fraction of sp³-hybridized carbons (Fsp3) is 0.367. The van der Waals surface area contributed by atoms with Gasteiger partial charge in [-0.3, -0.25) is 4.79 Å². The number of hydrogen-bond donors (Lipinski definition) is 3. The van der Waals surface area contributed by atoms with Crippen LogP contribution in [0.2, 0.25) is 0 Å². The van der Waals surface area contributed by atoms with Crippen LogP contribution in [0.25, 0.3) is 17.1 Å². The van der Waals surface area contributed by atoms with Gasteiger partial charge in [0.25, 0.3) is 0 Å². The van der Waals surface area contributed by atoms with E-state index in [4.69, 9.17) is 0 Å². The number of carbonyl (C=O) groups is 1. The van der Waals surface area contributed by atoms with Crippen molar-refractivity contribution in [2.75, 3.05) is 18.4 Å². The first kappa shape index (κ1) is 28.3. The van der Waals surface area contributed by atoms with E-state index in [-0.39, 0.29) is 23.3 Å². The number of aromatic nitrogens is 2. The number of benzene rings is 2. The summed E-state index contributed by atoms with van der Waals surface area (Å²) in [6.07, 6.45) is -2.65. The lowest BCUT2D eigenvalue weighted by Crippen LogP contribution is -2.31. The van der Waals surface area contributed by atoms with Gasteiger partial charge < -0.3 is 16.0 Å². The molecule has 0 radical (unpaired) electrons. The molecule has 0 saturated carbocycles. The quantitative estimate of drug-likeness (QED) is 0.265. The molecule has 206 valence electrons. The van der Waals surface area contributed by atoms with Crippen molar-refractivity contribution in [3.8, 4) is 11.4 Å². The third-order valence-corrected chi connectivity index (χ3v) is 7.01. The Bertz CT molecular complexity index is 1370. The van der Waals surface area contributed by atoms with Crippen LogP contribution in [0.4, 0.5) is 19.0 Å². The smallest absolute Gasteiger partial charge is 0.355 e. The molecule has 2 unspecified atom stereocenters. The van der Waals surface area contributed by atoms with Crippen molar-refractivity contribution < 1.29 is 18.0 Å². The Labute approximate surface area is 227 Å². The number of fused-ring (bicyclic) bond motifs is 1. The van der Waals surface area contributed by atoms with Gasteiger partial charge in [-0.15, -0.1) is 0 Å². The van der Waals surface area contributed by atoms with E-state index in [2.05, 4.69) is 51.9 Å². The minimum atomic E-state index is -4.55. The summed E-state index contributed by atoms with van der Waals surface area (Å²) in [4.78, 5) is 20.3. The van der Waals surface area contributed by atoms with E-state index < -0.39 is 11.7 Å². The summed E-state index contributed by atoms with van der Waals surface area (Å²) in [7, 11) is 0.